The first-order valence-electron chi connectivity index (χ1n) is 6.66. The van der Waals surface area contributed by atoms with E-state index >= 15 is 0 Å². The zero-order chi connectivity index (χ0) is 16.2. The van der Waals surface area contributed by atoms with Gasteiger partial charge in [0.05, 0.1) is 12.0 Å². The second-order valence-electron chi connectivity index (χ2n) is 4.97. The van der Waals surface area contributed by atoms with Crippen molar-refractivity contribution >= 4 is 16.0 Å². The molecule has 0 radical (unpaired) electrons. The van der Waals surface area contributed by atoms with Crippen molar-refractivity contribution in [2.24, 2.45) is 5.92 Å². The van der Waals surface area contributed by atoms with E-state index in [-0.39, 0.29) is 28.2 Å². The molecule has 1 aromatic rings. The molecule has 2 atom stereocenters. The quantitative estimate of drug-likeness (QED) is 0.782. The first kappa shape index (κ1) is 17.5. The van der Waals surface area contributed by atoms with Crippen LogP contribution in [0.15, 0.2) is 23.1 Å². The van der Waals surface area contributed by atoms with Gasteiger partial charge in [0.15, 0.2) is 0 Å². The van der Waals surface area contributed by atoms with Crippen molar-refractivity contribution in [3.8, 4) is 5.75 Å². The van der Waals surface area contributed by atoms with Crippen LogP contribution in [0.25, 0.3) is 0 Å². The van der Waals surface area contributed by atoms with Crippen LogP contribution >= 0.6 is 0 Å². The maximum atomic E-state index is 12.3. The van der Waals surface area contributed by atoms with E-state index in [4.69, 9.17) is 0 Å². The molecule has 0 aliphatic heterocycles. The summed E-state index contributed by atoms with van der Waals surface area (Å²) >= 11 is 0. The standard InChI is InChI=1S/C14H21NO5S/c1-5-9(2)10(3)15-21(18,19)11-6-7-13(16)12(8-11)14(17)20-4/h6-10,15-16H,5H2,1-4H3. The Morgan fingerprint density at radius 3 is 2.52 bits per heavy atom. The van der Waals surface area contributed by atoms with Crippen LogP contribution < -0.4 is 4.72 Å². The number of nitrogens with one attached hydrogen (secondary N) is 1. The van der Waals surface area contributed by atoms with Crippen LogP contribution in [0.3, 0.4) is 0 Å². The van der Waals surface area contributed by atoms with Gasteiger partial charge in [-0.2, -0.15) is 0 Å². The SMILES string of the molecule is CCC(C)C(C)NS(=O)(=O)c1ccc(O)c(C(=O)OC)c1. The Morgan fingerprint density at radius 2 is 2.00 bits per heavy atom. The van der Waals surface area contributed by atoms with Crippen molar-refractivity contribution < 1.29 is 23.1 Å². The largest absolute Gasteiger partial charge is 0.507 e. The summed E-state index contributed by atoms with van der Waals surface area (Å²) in [5, 5.41) is 9.59. The van der Waals surface area contributed by atoms with Crippen molar-refractivity contribution in [1.29, 1.82) is 0 Å². The highest BCUT2D eigenvalue weighted by molar-refractivity contribution is 7.89. The van der Waals surface area contributed by atoms with E-state index in [1.165, 1.54) is 6.07 Å². The summed E-state index contributed by atoms with van der Waals surface area (Å²) in [5.74, 6) is -0.938. The Balaban J connectivity index is 3.12. The summed E-state index contributed by atoms with van der Waals surface area (Å²) in [7, 11) is -2.61. The van der Waals surface area contributed by atoms with Gasteiger partial charge < -0.3 is 9.84 Å². The molecule has 0 bridgehead atoms. The average molecular weight is 315 g/mol. The number of sulfonamides is 1. The summed E-state index contributed by atoms with van der Waals surface area (Å²) < 4.78 is 31.7. The van der Waals surface area contributed by atoms with Gasteiger partial charge in [-0.1, -0.05) is 20.3 Å². The molecule has 118 valence electrons. The number of carbonyl (C=O) groups excluding carboxylic acids is 1. The second kappa shape index (κ2) is 6.91. The molecule has 0 amide bonds. The van der Waals surface area contributed by atoms with Gasteiger partial charge in [-0.05, 0) is 31.0 Å². The van der Waals surface area contributed by atoms with Gasteiger partial charge in [0, 0.05) is 6.04 Å². The van der Waals surface area contributed by atoms with Gasteiger partial charge in [0.2, 0.25) is 10.0 Å². The van der Waals surface area contributed by atoms with Crippen LogP contribution in [0, 0.1) is 5.92 Å². The summed E-state index contributed by atoms with van der Waals surface area (Å²) in [6, 6.07) is 3.27. The maximum Gasteiger partial charge on any atom is 0.341 e. The summed E-state index contributed by atoms with van der Waals surface area (Å²) in [6.07, 6.45) is 0.840. The number of ether oxygens (including phenoxy) is 1. The van der Waals surface area contributed by atoms with Crippen molar-refractivity contribution in [1.82, 2.24) is 4.72 Å². The van der Waals surface area contributed by atoms with Crippen LogP contribution in [0.1, 0.15) is 37.6 Å². The summed E-state index contributed by atoms with van der Waals surface area (Å²) in [6.45, 7) is 5.71. The van der Waals surface area contributed by atoms with Gasteiger partial charge in [-0.3, -0.25) is 0 Å². The molecule has 6 nitrogen and oxygen atoms in total. The third kappa shape index (κ3) is 4.18. The minimum atomic E-state index is -3.76. The first-order chi connectivity index (χ1) is 9.72. The number of rotatable bonds is 6. The third-order valence-corrected chi connectivity index (χ3v) is 5.08. The number of phenolic OH excluding ortho intramolecular Hbond substituents is 1. The highest BCUT2D eigenvalue weighted by Crippen LogP contribution is 2.22. The predicted octanol–water partition coefficient (Wildman–Crippen LogP) is 1.89. The fourth-order valence-electron chi connectivity index (χ4n) is 1.74. The first-order valence-corrected chi connectivity index (χ1v) is 8.14. The molecule has 2 unspecified atom stereocenters. The summed E-state index contributed by atoms with van der Waals surface area (Å²) in [5.41, 5.74) is -0.184. The van der Waals surface area contributed by atoms with Crippen molar-refractivity contribution in [2.75, 3.05) is 7.11 Å². The second-order valence-corrected chi connectivity index (χ2v) is 6.68. The molecule has 21 heavy (non-hydrogen) atoms. The number of hydrogen-bond acceptors (Lipinski definition) is 5. The number of esters is 1. The number of carbonyl (C=O) groups is 1. The van der Waals surface area contributed by atoms with Gasteiger partial charge in [-0.15, -0.1) is 0 Å². The van der Waals surface area contributed by atoms with E-state index in [0.717, 1.165) is 25.7 Å². The van der Waals surface area contributed by atoms with Crippen LogP contribution in [0.5, 0.6) is 5.75 Å². The fourth-order valence-corrected chi connectivity index (χ4v) is 3.12. The molecule has 0 saturated carbocycles. The molecule has 0 saturated heterocycles. The van der Waals surface area contributed by atoms with Crippen LogP contribution in [-0.4, -0.2) is 32.6 Å². The lowest BCUT2D eigenvalue weighted by Gasteiger charge is -2.20. The zero-order valence-corrected chi connectivity index (χ0v) is 13.4. The molecule has 0 aromatic heterocycles. The number of phenols is 1. The fraction of sp³-hybridized carbons (Fsp3) is 0.500. The Morgan fingerprint density at radius 1 is 1.38 bits per heavy atom. The van der Waals surface area contributed by atoms with Crippen molar-refractivity contribution in [3.05, 3.63) is 23.8 Å². The van der Waals surface area contributed by atoms with E-state index in [9.17, 15) is 18.3 Å². The summed E-state index contributed by atoms with van der Waals surface area (Å²) in [4.78, 5) is 11.4. The molecule has 0 aliphatic carbocycles. The monoisotopic (exact) mass is 315 g/mol. The van der Waals surface area contributed by atoms with Gasteiger partial charge >= 0.3 is 5.97 Å². The lowest BCUT2D eigenvalue weighted by Crippen LogP contribution is -2.36. The third-order valence-electron chi connectivity index (χ3n) is 3.52. The topological polar surface area (TPSA) is 92.7 Å². The van der Waals surface area contributed by atoms with E-state index in [1.54, 1.807) is 6.92 Å². The molecule has 7 heteroatoms. The lowest BCUT2D eigenvalue weighted by atomic mass is 10.0. The lowest BCUT2D eigenvalue weighted by molar-refractivity contribution is 0.0597. The van der Waals surface area contributed by atoms with Gasteiger partial charge in [0.1, 0.15) is 11.3 Å². The molecule has 0 aliphatic rings. The van der Waals surface area contributed by atoms with E-state index in [0.29, 0.717) is 0 Å². The molecule has 0 spiro atoms. The van der Waals surface area contributed by atoms with Crippen LogP contribution in [0.2, 0.25) is 0 Å². The number of methoxy groups -OCH3 is 1. The average Bonchev–Trinajstić information content (AvgIpc) is 2.45. The minimum Gasteiger partial charge on any atom is -0.507 e. The van der Waals surface area contributed by atoms with E-state index in [1.807, 2.05) is 13.8 Å². The van der Waals surface area contributed by atoms with E-state index < -0.39 is 16.0 Å². The van der Waals surface area contributed by atoms with Crippen LogP contribution in [0.4, 0.5) is 0 Å². The Kier molecular flexibility index (Phi) is 5.74. The normalized spacial score (nSPS) is 14.5. The molecular weight excluding hydrogens is 294 g/mol. The molecular formula is C14H21NO5S. The number of aromatic hydroxyl groups is 1. The van der Waals surface area contributed by atoms with E-state index in [2.05, 4.69) is 9.46 Å². The minimum absolute atomic E-state index is 0.0872. The highest BCUT2D eigenvalue weighted by Gasteiger charge is 2.23. The highest BCUT2D eigenvalue weighted by atomic mass is 32.2. The van der Waals surface area contributed by atoms with Gasteiger partial charge in [0.25, 0.3) is 0 Å². The molecule has 1 rings (SSSR count). The maximum absolute atomic E-state index is 12.3. The Hall–Kier alpha value is -1.60. The number of hydrogen-bond donors (Lipinski definition) is 2. The molecule has 1 aromatic carbocycles. The Labute approximate surface area is 125 Å². The number of benzene rings is 1. The van der Waals surface area contributed by atoms with Crippen molar-refractivity contribution in [3.63, 3.8) is 0 Å². The zero-order valence-electron chi connectivity index (χ0n) is 12.6. The predicted molar refractivity (Wildman–Crippen MR) is 78.7 cm³/mol. The van der Waals surface area contributed by atoms with Gasteiger partial charge in [-0.25, -0.2) is 17.9 Å². The molecule has 2 N–H and O–H groups in total. The Bertz CT molecular complexity index is 612. The van der Waals surface area contributed by atoms with Crippen molar-refractivity contribution in [2.45, 2.75) is 38.1 Å². The van der Waals surface area contributed by atoms with Crippen LogP contribution in [-0.2, 0) is 14.8 Å². The smallest absolute Gasteiger partial charge is 0.341 e. The molecule has 0 heterocycles. The molecule has 0 fully saturated rings.